The maximum Gasteiger partial charge on any atom is 0.306 e. The van der Waals surface area contributed by atoms with E-state index in [1.807, 2.05) is 0 Å². The van der Waals surface area contributed by atoms with Crippen LogP contribution in [-0.4, -0.2) is 36.4 Å². The van der Waals surface area contributed by atoms with E-state index in [0.29, 0.717) is 12.8 Å². The van der Waals surface area contributed by atoms with E-state index >= 15 is 0 Å². The van der Waals surface area contributed by atoms with E-state index in [9.17, 15) is 14.7 Å². The average Bonchev–Trinajstić information content (AvgIpc) is 3.15. The number of allylic oxidation sites excluding steroid dienone is 8. The number of rotatable bonds is 40. The van der Waals surface area contributed by atoms with Gasteiger partial charge in [-0.15, -0.1) is 0 Å². The molecule has 0 aromatic heterocycles. The summed E-state index contributed by atoms with van der Waals surface area (Å²) in [5.41, 5.74) is 0. The van der Waals surface area contributed by atoms with E-state index < -0.39 is 6.10 Å². The first-order chi connectivity index (χ1) is 25.6. The van der Waals surface area contributed by atoms with Gasteiger partial charge in [0.2, 0.25) is 0 Å². The van der Waals surface area contributed by atoms with Crippen molar-refractivity contribution in [3.05, 3.63) is 48.6 Å². The van der Waals surface area contributed by atoms with Gasteiger partial charge in [0.25, 0.3) is 0 Å². The van der Waals surface area contributed by atoms with Crippen LogP contribution < -0.4 is 0 Å². The van der Waals surface area contributed by atoms with Crippen LogP contribution in [0.2, 0.25) is 0 Å². The Morgan fingerprint density at radius 3 is 1.25 bits per heavy atom. The largest absolute Gasteiger partial charge is 0.462 e. The molecule has 0 spiro atoms. The highest BCUT2D eigenvalue weighted by Crippen LogP contribution is 2.15. The van der Waals surface area contributed by atoms with Crippen LogP contribution >= 0.6 is 0 Å². The van der Waals surface area contributed by atoms with Crippen molar-refractivity contribution in [2.75, 3.05) is 13.2 Å². The molecule has 0 aliphatic carbocycles. The number of carbonyl (C=O) groups excluding carboxylic acids is 2. The minimum absolute atomic E-state index is 0.0671. The van der Waals surface area contributed by atoms with Crippen molar-refractivity contribution >= 4 is 11.9 Å². The number of hydrogen-bond acceptors (Lipinski definition) is 5. The van der Waals surface area contributed by atoms with E-state index in [0.717, 1.165) is 70.6 Å². The molecule has 0 aliphatic rings. The highest BCUT2D eigenvalue weighted by atomic mass is 16.6. The molecule has 5 nitrogen and oxygen atoms in total. The average molecular weight is 729 g/mol. The van der Waals surface area contributed by atoms with Gasteiger partial charge in [0.15, 0.2) is 6.10 Å². The normalized spacial score (nSPS) is 12.6. The van der Waals surface area contributed by atoms with Gasteiger partial charge in [-0.3, -0.25) is 9.59 Å². The number of ether oxygens (including phenoxy) is 2. The van der Waals surface area contributed by atoms with Crippen molar-refractivity contribution in [3.63, 3.8) is 0 Å². The Kier molecular flexibility index (Phi) is 41.5. The molecule has 0 fully saturated rings. The smallest absolute Gasteiger partial charge is 0.306 e. The molecule has 0 radical (unpaired) electrons. The number of aliphatic hydroxyl groups excluding tert-OH is 1. The van der Waals surface area contributed by atoms with Crippen molar-refractivity contribution in [1.82, 2.24) is 0 Å². The van der Waals surface area contributed by atoms with Crippen LogP contribution in [0.5, 0.6) is 0 Å². The van der Waals surface area contributed by atoms with Gasteiger partial charge >= 0.3 is 11.9 Å². The quantitative estimate of drug-likeness (QED) is 0.0386. The lowest BCUT2D eigenvalue weighted by molar-refractivity contribution is -0.161. The van der Waals surface area contributed by atoms with Crippen molar-refractivity contribution < 1.29 is 24.2 Å². The molecule has 0 heterocycles. The Balaban J connectivity index is 3.54. The fourth-order valence-electron chi connectivity index (χ4n) is 6.31. The summed E-state index contributed by atoms with van der Waals surface area (Å²) in [6, 6.07) is 0. The Morgan fingerprint density at radius 2 is 0.827 bits per heavy atom. The summed E-state index contributed by atoms with van der Waals surface area (Å²) in [7, 11) is 0. The van der Waals surface area contributed by atoms with E-state index in [-0.39, 0.29) is 25.2 Å². The predicted molar refractivity (Wildman–Crippen MR) is 224 cm³/mol. The predicted octanol–water partition coefficient (Wildman–Crippen LogP) is 14.2. The Hall–Kier alpha value is -2.14. The van der Waals surface area contributed by atoms with Gasteiger partial charge in [-0.05, 0) is 51.4 Å². The standard InChI is InChI=1S/C47H84O5/c1-3-5-7-9-11-13-15-17-19-21-22-23-24-26-28-30-32-34-36-38-40-42-47(50)52-45(43-48)44-51-46(49)41-39-37-35-33-31-29-27-25-20-18-16-14-12-10-8-6-4-2/h5,7,11,13,17,19,22-23,45,48H,3-4,6,8-10,12,14-16,18,20-21,24-44H2,1-2H3/b7-5-,13-11-,19-17-,23-22-. The molecule has 0 aromatic carbocycles. The number of carbonyl (C=O) groups is 2. The van der Waals surface area contributed by atoms with Gasteiger partial charge in [0.05, 0.1) is 6.61 Å². The van der Waals surface area contributed by atoms with E-state index in [2.05, 4.69) is 62.5 Å². The number of unbranched alkanes of at least 4 members (excludes halogenated alkanes) is 24. The first-order valence-corrected chi connectivity index (χ1v) is 22.2. The van der Waals surface area contributed by atoms with Crippen LogP contribution in [0.1, 0.15) is 219 Å². The third kappa shape index (κ3) is 40.6. The Labute approximate surface area is 322 Å². The van der Waals surface area contributed by atoms with Crippen molar-refractivity contribution in [1.29, 1.82) is 0 Å². The molecule has 1 N–H and O–H groups in total. The molecular weight excluding hydrogens is 645 g/mol. The molecule has 0 rings (SSSR count). The maximum absolute atomic E-state index is 12.2. The number of aliphatic hydroxyl groups is 1. The zero-order valence-corrected chi connectivity index (χ0v) is 34.3. The highest BCUT2D eigenvalue weighted by Gasteiger charge is 2.16. The first kappa shape index (κ1) is 49.9. The Bertz CT molecular complexity index is 873. The molecule has 0 saturated heterocycles. The molecule has 0 aliphatic heterocycles. The molecular formula is C47H84O5. The van der Waals surface area contributed by atoms with Gasteiger partial charge in [-0.25, -0.2) is 0 Å². The van der Waals surface area contributed by atoms with Gasteiger partial charge in [0.1, 0.15) is 6.61 Å². The summed E-state index contributed by atoms with van der Waals surface area (Å²) in [5.74, 6) is -0.593. The zero-order valence-electron chi connectivity index (χ0n) is 34.3. The lowest BCUT2D eigenvalue weighted by atomic mass is 10.0. The third-order valence-electron chi connectivity index (χ3n) is 9.64. The molecule has 302 valence electrons. The minimum Gasteiger partial charge on any atom is -0.462 e. The molecule has 1 atom stereocenters. The molecule has 0 saturated carbocycles. The van der Waals surface area contributed by atoms with Gasteiger partial charge < -0.3 is 14.6 Å². The van der Waals surface area contributed by atoms with E-state index in [4.69, 9.17) is 9.47 Å². The maximum atomic E-state index is 12.2. The van der Waals surface area contributed by atoms with Gasteiger partial charge in [-0.1, -0.05) is 204 Å². The van der Waals surface area contributed by atoms with E-state index in [1.54, 1.807) is 0 Å². The molecule has 0 aromatic rings. The van der Waals surface area contributed by atoms with Crippen LogP contribution in [0.4, 0.5) is 0 Å². The van der Waals surface area contributed by atoms with Crippen LogP contribution in [0, 0.1) is 0 Å². The summed E-state index contributed by atoms with van der Waals surface area (Å²) in [6.07, 6.45) is 54.6. The molecule has 5 heteroatoms. The number of esters is 2. The van der Waals surface area contributed by atoms with Crippen molar-refractivity contribution in [2.24, 2.45) is 0 Å². The summed E-state index contributed by atoms with van der Waals surface area (Å²) in [6.45, 7) is 4.04. The second-order valence-electron chi connectivity index (χ2n) is 14.8. The minimum atomic E-state index is -0.774. The zero-order chi connectivity index (χ0) is 37.8. The van der Waals surface area contributed by atoms with E-state index in [1.165, 1.54) is 122 Å². The summed E-state index contributed by atoms with van der Waals surface area (Å²) < 4.78 is 10.6. The van der Waals surface area contributed by atoms with Crippen molar-refractivity contribution in [3.8, 4) is 0 Å². The fraction of sp³-hybridized carbons (Fsp3) is 0.787. The van der Waals surface area contributed by atoms with Crippen LogP contribution in [0.25, 0.3) is 0 Å². The lowest BCUT2D eigenvalue weighted by Gasteiger charge is -2.15. The van der Waals surface area contributed by atoms with Crippen LogP contribution in [0.15, 0.2) is 48.6 Å². The topological polar surface area (TPSA) is 72.8 Å². The van der Waals surface area contributed by atoms with Gasteiger partial charge in [-0.2, -0.15) is 0 Å². The molecule has 0 bridgehead atoms. The summed E-state index contributed by atoms with van der Waals surface area (Å²) in [4.78, 5) is 24.3. The number of hydrogen-bond donors (Lipinski definition) is 1. The summed E-state index contributed by atoms with van der Waals surface area (Å²) in [5, 5.41) is 9.59. The second-order valence-corrected chi connectivity index (χ2v) is 14.8. The third-order valence-corrected chi connectivity index (χ3v) is 9.64. The van der Waals surface area contributed by atoms with Crippen LogP contribution in [-0.2, 0) is 19.1 Å². The summed E-state index contributed by atoms with van der Waals surface area (Å²) >= 11 is 0. The monoisotopic (exact) mass is 729 g/mol. The van der Waals surface area contributed by atoms with Crippen molar-refractivity contribution in [2.45, 2.75) is 225 Å². The fourth-order valence-corrected chi connectivity index (χ4v) is 6.31. The second kappa shape index (κ2) is 43.3. The SMILES string of the molecule is CC/C=C\C/C=C\C/C=C\C/C=C\CCCCCCCCCCC(=O)OC(CO)COC(=O)CCCCCCCCCCCCCCCCCCC. The van der Waals surface area contributed by atoms with Gasteiger partial charge in [0, 0.05) is 12.8 Å². The highest BCUT2D eigenvalue weighted by molar-refractivity contribution is 5.70. The molecule has 1 unspecified atom stereocenters. The Morgan fingerprint density at radius 1 is 0.462 bits per heavy atom. The molecule has 0 amide bonds. The first-order valence-electron chi connectivity index (χ1n) is 22.2. The lowest BCUT2D eigenvalue weighted by Crippen LogP contribution is -2.28. The molecule has 52 heavy (non-hydrogen) atoms. The van der Waals surface area contributed by atoms with Crippen LogP contribution in [0.3, 0.4) is 0 Å².